The van der Waals surface area contributed by atoms with Crippen molar-refractivity contribution in [3.63, 3.8) is 0 Å². The summed E-state index contributed by atoms with van der Waals surface area (Å²) in [7, 11) is -3.95. The first-order valence-electron chi connectivity index (χ1n) is 10.3. The highest BCUT2D eigenvalue weighted by molar-refractivity contribution is 7.89. The Labute approximate surface area is 203 Å². The summed E-state index contributed by atoms with van der Waals surface area (Å²) in [4.78, 5) is 11.7. The number of carbonyl (C=O) groups excluding carboxylic acids is 1. The molecule has 2 N–H and O–H groups in total. The lowest BCUT2D eigenvalue weighted by atomic mass is 10.1. The standard InChI is InChI=1S/C22H24Cl2N4O4S/c1-15-10-17(24)13-19(11-15)32-20-3-2-16(14-25)12-21(20)33(30,31)28-8-4-18(5-9-28)27-22(29)26-7-6-23/h2-3,10-13,18H,4-9H2,1H3,(H2,26,27,29). The smallest absolute Gasteiger partial charge is 0.315 e. The van der Waals surface area contributed by atoms with E-state index in [1.54, 1.807) is 18.2 Å². The molecule has 176 valence electrons. The fourth-order valence-electron chi connectivity index (χ4n) is 3.53. The van der Waals surface area contributed by atoms with Crippen molar-refractivity contribution in [3.8, 4) is 17.6 Å². The molecule has 33 heavy (non-hydrogen) atoms. The topological polar surface area (TPSA) is 112 Å². The van der Waals surface area contributed by atoms with Crippen molar-refractivity contribution in [3.05, 3.63) is 52.5 Å². The molecule has 3 rings (SSSR count). The quantitative estimate of drug-likeness (QED) is 0.546. The molecule has 8 nitrogen and oxygen atoms in total. The van der Waals surface area contributed by atoms with Crippen LogP contribution in [0.3, 0.4) is 0 Å². The number of nitriles is 1. The number of nitrogens with one attached hydrogen (secondary N) is 2. The number of nitrogens with zero attached hydrogens (tertiary/aromatic N) is 2. The van der Waals surface area contributed by atoms with Crippen LogP contribution >= 0.6 is 23.2 Å². The molecule has 0 aromatic heterocycles. The van der Waals surface area contributed by atoms with Gasteiger partial charge in [0.1, 0.15) is 16.4 Å². The van der Waals surface area contributed by atoms with Gasteiger partial charge in [-0.1, -0.05) is 11.6 Å². The fourth-order valence-corrected chi connectivity index (χ4v) is 5.51. The van der Waals surface area contributed by atoms with E-state index in [-0.39, 0.29) is 41.4 Å². The molecular weight excluding hydrogens is 487 g/mol. The van der Waals surface area contributed by atoms with Gasteiger partial charge >= 0.3 is 6.03 Å². The number of carbonyl (C=O) groups is 1. The minimum Gasteiger partial charge on any atom is -0.456 e. The molecule has 0 saturated carbocycles. The van der Waals surface area contributed by atoms with Crippen LogP contribution in [-0.2, 0) is 10.0 Å². The largest absolute Gasteiger partial charge is 0.456 e. The molecule has 0 radical (unpaired) electrons. The zero-order chi connectivity index (χ0) is 24.0. The molecule has 1 fully saturated rings. The van der Waals surface area contributed by atoms with Gasteiger partial charge in [0.15, 0.2) is 0 Å². The summed E-state index contributed by atoms with van der Waals surface area (Å²) in [5.74, 6) is 0.814. The molecule has 0 atom stereocenters. The molecule has 2 amide bonds. The average Bonchev–Trinajstić information content (AvgIpc) is 2.77. The molecule has 11 heteroatoms. The number of urea groups is 1. The van der Waals surface area contributed by atoms with E-state index in [4.69, 9.17) is 27.9 Å². The van der Waals surface area contributed by atoms with Crippen LogP contribution in [0.2, 0.25) is 5.02 Å². The second kappa shape index (κ2) is 11.1. The Hall–Kier alpha value is -2.51. The van der Waals surface area contributed by atoms with Crippen LogP contribution in [0, 0.1) is 18.3 Å². The molecule has 1 aliphatic heterocycles. The number of sulfonamides is 1. The van der Waals surface area contributed by atoms with E-state index < -0.39 is 10.0 Å². The fraction of sp³-hybridized carbons (Fsp3) is 0.364. The van der Waals surface area contributed by atoms with Gasteiger partial charge in [0.05, 0.1) is 11.6 Å². The van der Waals surface area contributed by atoms with Gasteiger partial charge in [-0.25, -0.2) is 13.2 Å². The molecule has 0 spiro atoms. The molecular formula is C22H24Cl2N4O4S. The molecule has 2 aromatic rings. The molecule has 0 aliphatic carbocycles. The van der Waals surface area contributed by atoms with Gasteiger partial charge in [-0.05, 0) is 61.7 Å². The number of alkyl halides is 1. The number of benzene rings is 2. The lowest BCUT2D eigenvalue weighted by Gasteiger charge is -2.32. The monoisotopic (exact) mass is 510 g/mol. The molecule has 1 heterocycles. The van der Waals surface area contributed by atoms with E-state index in [0.717, 1.165) is 5.56 Å². The third-order valence-corrected chi connectivity index (χ3v) is 7.43. The zero-order valence-corrected chi connectivity index (χ0v) is 20.3. The average molecular weight is 511 g/mol. The van der Waals surface area contributed by atoms with Crippen LogP contribution in [-0.4, -0.2) is 50.3 Å². The first kappa shape index (κ1) is 25.1. The third kappa shape index (κ3) is 6.51. The normalized spacial score (nSPS) is 15.0. The first-order chi connectivity index (χ1) is 15.7. The van der Waals surface area contributed by atoms with Crippen LogP contribution in [0.5, 0.6) is 11.5 Å². The van der Waals surface area contributed by atoms with Crippen molar-refractivity contribution in [2.45, 2.75) is 30.7 Å². The number of aryl methyl sites for hydroxylation is 1. The van der Waals surface area contributed by atoms with Crippen LogP contribution in [0.4, 0.5) is 4.79 Å². The summed E-state index contributed by atoms with van der Waals surface area (Å²) in [5, 5.41) is 15.2. The van der Waals surface area contributed by atoms with Crippen molar-refractivity contribution in [1.82, 2.24) is 14.9 Å². The van der Waals surface area contributed by atoms with Crippen LogP contribution < -0.4 is 15.4 Å². The Balaban J connectivity index is 1.80. The minimum atomic E-state index is -3.95. The number of rotatable bonds is 7. The highest BCUT2D eigenvalue weighted by Gasteiger charge is 2.32. The Morgan fingerprint density at radius 3 is 2.61 bits per heavy atom. The number of hydrogen-bond donors (Lipinski definition) is 2. The number of amides is 2. The lowest BCUT2D eigenvalue weighted by Crippen LogP contribution is -2.49. The second-order valence-corrected chi connectivity index (χ2v) is 10.3. The van der Waals surface area contributed by atoms with Crippen molar-refractivity contribution in [1.29, 1.82) is 5.26 Å². The predicted octanol–water partition coefficient (Wildman–Crippen LogP) is 4.00. The number of hydrogen-bond acceptors (Lipinski definition) is 5. The predicted molar refractivity (Wildman–Crippen MR) is 126 cm³/mol. The minimum absolute atomic E-state index is 0.0922. The van der Waals surface area contributed by atoms with Crippen molar-refractivity contribution in [2.75, 3.05) is 25.5 Å². The maximum Gasteiger partial charge on any atom is 0.315 e. The molecule has 2 aromatic carbocycles. The van der Waals surface area contributed by atoms with Gasteiger partial charge in [-0.15, -0.1) is 11.6 Å². The van der Waals surface area contributed by atoms with E-state index in [2.05, 4.69) is 10.6 Å². The van der Waals surface area contributed by atoms with Gasteiger partial charge in [-0.3, -0.25) is 0 Å². The third-order valence-electron chi connectivity index (χ3n) is 5.10. The summed E-state index contributed by atoms with van der Waals surface area (Å²) in [6.45, 7) is 2.64. The van der Waals surface area contributed by atoms with E-state index >= 15 is 0 Å². The number of halogens is 2. The highest BCUT2D eigenvalue weighted by atomic mass is 35.5. The SMILES string of the molecule is Cc1cc(Cl)cc(Oc2ccc(C#N)cc2S(=O)(=O)N2CCC(NC(=O)NCCCl)CC2)c1. The van der Waals surface area contributed by atoms with E-state index in [0.29, 0.717) is 36.0 Å². The molecule has 1 aliphatic rings. The molecule has 0 unspecified atom stereocenters. The van der Waals surface area contributed by atoms with E-state index in [9.17, 15) is 18.5 Å². The van der Waals surface area contributed by atoms with Gasteiger partial charge in [0.2, 0.25) is 10.0 Å². The Bertz CT molecular complexity index is 1140. The van der Waals surface area contributed by atoms with Crippen LogP contribution in [0.15, 0.2) is 41.3 Å². The zero-order valence-electron chi connectivity index (χ0n) is 18.0. The van der Waals surface area contributed by atoms with Gasteiger partial charge < -0.3 is 15.4 Å². The summed E-state index contributed by atoms with van der Waals surface area (Å²) in [5.41, 5.74) is 1.07. The highest BCUT2D eigenvalue weighted by Crippen LogP contribution is 2.34. The second-order valence-electron chi connectivity index (χ2n) is 7.61. The lowest BCUT2D eigenvalue weighted by molar-refractivity contribution is 0.228. The first-order valence-corrected chi connectivity index (χ1v) is 12.7. The van der Waals surface area contributed by atoms with Crippen molar-refractivity contribution < 1.29 is 17.9 Å². The Morgan fingerprint density at radius 1 is 1.24 bits per heavy atom. The summed E-state index contributed by atoms with van der Waals surface area (Å²) < 4.78 is 34.2. The van der Waals surface area contributed by atoms with Crippen LogP contribution in [0.25, 0.3) is 0 Å². The Kier molecular flexibility index (Phi) is 8.43. The van der Waals surface area contributed by atoms with Crippen LogP contribution in [0.1, 0.15) is 24.0 Å². The molecule has 0 bridgehead atoms. The van der Waals surface area contributed by atoms with Crippen molar-refractivity contribution in [2.24, 2.45) is 0 Å². The maximum atomic E-state index is 13.5. The van der Waals surface area contributed by atoms with Crippen molar-refractivity contribution >= 4 is 39.3 Å². The summed E-state index contributed by atoms with van der Waals surface area (Å²) >= 11 is 11.7. The number of ether oxygens (including phenoxy) is 1. The maximum absolute atomic E-state index is 13.5. The van der Waals surface area contributed by atoms with Gasteiger partial charge in [0.25, 0.3) is 0 Å². The Morgan fingerprint density at radius 2 is 1.97 bits per heavy atom. The summed E-state index contributed by atoms with van der Waals surface area (Å²) in [6, 6.07) is 10.9. The van der Waals surface area contributed by atoms with Gasteiger partial charge in [-0.2, -0.15) is 9.57 Å². The van der Waals surface area contributed by atoms with Gasteiger partial charge in [0, 0.05) is 36.6 Å². The molecule has 1 saturated heterocycles. The summed E-state index contributed by atoms with van der Waals surface area (Å²) in [6.07, 6.45) is 0.907. The number of piperidine rings is 1. The van der Waals surface area contributed by atoms with E-state index in [1.807, 2.05) is 13.0 Å². The van der Waals surface area contributed by atoms with E-state index in [1.165, 1.54) is 22.5 Å².